The lowest BCUT2D eigenvalue weighted by atomic mass is 9.84. The van der Waals surface area contributed by atoms with Crippen molar-refractivity contribution >= 4 is 6.09 Å². The Bertz CT molecular complexity index is 698. The molecule has 0 spiro atoms. The molecule has 0 aromatic heterocycles. The van der Waals surface area contributed by atoms with Gasteiger partial charge in [0.05, 0.1) is 6.04 Å². The van der Waals surface area contributed by atoms with Crippen molar-refractivity contribution in [3.05, 3.63) is 47.5 Å². The van der Waals surface area contributed by atoms with Crippen LogP contribution in [0.4, 0.5) is 4.79 Å². The summed E-state index contributed by atoms with van der Waals surface area (Å²) in [6.07, 6.45) is 11.9. The average molecular weight is 366 g/mol. The summed E-state index contributed by atoms with van der Waals surface area (Å²) in [5.74, 6) is 6.65. The minimum Gasteiger partial charge on any atom is -0.445 e. The van der Waals surface area contributed by atoms with Crippen molar-refractivity contribution in [2.75, 3.05) is 0 Å². The molecular weight excluding hydrogens is 334 g/mol. The number of unbranched alkanes of at least 4 members (excludes halogenated alkanes) is 3. The van der Waals surface area contributed by atoms with Gasteiger partial charge in [0, 0.05) is 18.9 Å². The van der Waals surface area contributed by atoms with Gasteiger partial charge in [-0.1, -0.05) is 67.7 Å². The first-order valence-electron chi connectivity index (χ1n) is 10.4. The number of hydrogen-bond donors (Lipinski definition) is 0. The highest BCUT2D eigenvalue weighted by molar-refractivity contribution is 5.69. The zero-order chi connectivity index (χ0) is 18.9. The molecule has 2 aliphatic heterocycles. The maximum Gasteiger partial charge on any atom is 0.410 e. The monoisotopic (exact) mass is 365 g/mol. The number of nitrogens with zero attached hydrogens (tertiary/aromatic N) is 1. The van der Waals surface area contributed by atoms with Gasteiger partial charge in [-0.05, 0) is 37.7 Å². The fraction of sp³-hybridized carbons (Fsp3) is 0.542. The normalized spacial score (nSPS) is 21.1. The molecular formula is C24H31NO2. The van der Waals surface area contributed by atoms with E-state index < -0.39 is 0 Å². The summed E-state index contributed by atoms with van der Waals surface area (Å²) in [5, 5.41) is 0. The van der Waals surface area contributed by atoms with Crippen LogP contribution in [0.3, 0.4) is 0 Å². The van der Waals surface area contributed by atoms with Gasteiger partial charge in [0.25, 0.3) is 0 Å². The van der Waals surface area contributed by atoms with Gasteiger partial charge in [0.15, 0.2) is 0 Å². The molecule has 1 aromatic rings. The molecule has 2 heterocycles. The van der Waals surface area contributed by atoms with E-state index in [1.54, 1.807) is 0 Å². The quantitative estimate of drug-likeness (QED) is 0.359. The Labute approximate surface area is 163 Å². The largest absolute Gasteiger partial charge is 0.445 e. The molecule has 0 saturated carbocycles. The van der Waals surface area contributed by atoms with E-state index in [4.69, 9.17) is 4.74 Å². The summed E-state index contributed by atoms with van der Waals surface area (Å²) in [6.45, 7) is 2.56. The minimum absolute atomic E-state index is 0.172. The SMILES string of the molecule is CCCCCC#CCC1=CC2CCCC(C1)N2C(=O)OCc1ccccc1. The second-order valence-corrected chi connectivity index (χ2v) is 7.62. The molecule has 0 radical (unpaired) electrons. The second-order valence-electron chi connectivity index (χ2n) is 7.62. The van der Waals surface area contributed by atoms with Crippen LogP contribution in [0.2, 0.25) is 0 Å². The fourth-order valence-electron chi connectivity index (χ4n) is 4.06. The Morgan fingerprint density at radius 3 is 2.81 bits per heavy atom. The highest BCUT2D eigenvalue weighted by Gasteiger charge is 2.37. The van der Waals surface area contributed by atoms with Gasteiger partial charge in [-0.25, -0.2) is 4.79 Å². The van der Waals surface area contributed by atoms with Crippen molar-refractivity contribution in [2.24, 2.45) is 0 Å². The smallest absolute Gasteiger partial charge is 0.410 e. The molecule has 1 amide bonds. The van der Waals surface area contributed by atoms with Crippen LogP contribution in [-0.2, 0) is 11.3 Å². The van der Waals surface area contributed by atoms with Crippen LogP contribution in [0.5, 0.6) is 0 Å². The number of piperidine rings is 1. The molecule has 144 valence electrons. The molecule has 3 heteroatoms. The fourth-order valence-corrected chi connectivity index (χ4v) is 4.06. The highest BCUT2D eigenvalue weighted by Crippen LogP contribution is 2.34. The van der Waals surface area contributed by atoms with Crippen LogP contribution in [0.1, 0.15) is 70.3 Å². The van der Waals surface area contributed by atoms with E-state index in [-0.39, 0.29) is 18.2 Å². The summed E-state index contributed by atoms with van der Waals surface area (Å²) in [5.41, 5.74) is 2.43. The number of hydrogen-bond acceptors (Lipinski definition) is 2. The molecule has 2 atom stereocenters. The van der Waals surface area contributed by atoms with E-state index in [1.165, 1.54) is 31.3 Å². The van der Waals surface area contributed by atoms with Gasteiger partial charge in [-0.3, -0.25) is 4.90 Å². The number of fused-ring (bicyclic) bond motifs is 2. The van der Waals surface area contributed by atoms with E-state index in [0.29, 0.717) is 6.61 Å². The van der Waals surface area contributed by atoms with Gasteiger partial charge in [0.1, 0.15) is 6.61 Å². The first-order chi connectivity index (χ1) is 13.3. The first kappa shape index (κ1) is 19.5. The van der Waals surface area contributed by atoms with E-state index in [9.17, 15) is 4.79 Å². The lowest BCUT2D eigenvalue weighted by Crippen LogP contribution is -2.51. The van der Waals surface area contributed by atoms with Crippen LogP contribution < -0.4 is 0 Å². The molecule has 3 nitrogen and oxygen atoms in total. The first-order valence-corrected chi connectivity index (χ1v) is 10.4. The molecule has 1 saturated heterocycles. The van der Waals surface area contributed by atoms with Crippen molar-refractivity contribution in [2.45, 2.75) is 83.4 Å². The predicted molar refractivity (Wildman–Crippen MR) is 109 cm³/mol. The summed E-state index contributed by atoms with van der Waals surface area (Å²) in [7, 11) is 0. The molecule has 2 bridgehead atoms. The predicted octanol–water partition coefficient (Wildman–Crippen LogP) is 5.85. The van der Waals surface area contributed by atoms with E-state index in [0.717, 1.165) is 37.7 Å². The number of benzene rings is 1. The molecule has 0 N–H and O–H groups in total. The Hall–Kier alpha value is -2.21. The van der Waals surface area contributed by atoms with Crippen LogP contribution in [0, 0.1) is 11.8 Å². The van der Waals surface area contributed by atoms with Gasteiger partial charge < -0.3 is 4.74 Å². The third kappa shape index (κ3) is 5.63. The number of rotatable bonds is 6. The zero-order valence-corrected chi connectivity index (χ0v) is 16.5. The molecule has 27 heavy (non-hydrogen) atoms. The standard InChI is InChI=1S/C24H31NO2/c1-2-3-4-5-6-8-14-21-17-22-15-11-16-23(18-21)25(22)24(26)27-19-20-12-9-7-10-13-20/h7,9-10,12-13,17,22-23H,2-5,11,14-16,18-19H2,1H3. The van der Waals surface area contributed by atoms with Crippen LogP contribution in [-0.4, -0.2) is 23.1 Å². The molecule has 2 aliphatic rings. The average Bonchev–Trinajstić information content (AvgIpc) is 2.69. The van der Waals surface area contributed by atoms with Crippen molar-refractivity contribution < 1.29 is 9.53 Å². The van der Waals surface area contributed by atoms with E-state index in [2.05, 4.69) is 24.8 Å². The molecule has 1 fully saturated rings. The zero-order valence-electron chi connectivity index (χ0n) is 16.5. The third-order valence-electron chi connectivity index (χ3n) is 5.48. The number of ether oxygens (including phenoxy) is 1. The molecule has 0 aliphatic carbocycles. The maximum atomic E-state index is 12.7. The van der Waals surface area contributed by atoms with Crippen LogP contribution in [0.15, 0.2) is 42.0 Å². The second kappa shape index (κ2) is 10.2. The summed E-state index contributed by atoms with van der Waals surface area (Å²) in [6, 6.07) is 10.3. The van der Waals surface area contributed by atoms with Crippen LogP contribution >= 0.6 is 0 Å². The Morgan fingerprint density at radius 2 is 2.04 bits per heavy atom. The van der Waals surface area contributed by atoms with Crippen molar-refractivity contribution in [3.8, 4) is 11.8 Å². The molecule has 1 aromatic carbocycles. The minimum atomic E-state index is -0.172. The summed E-state index contributed by atoms with van der Waals surface area (Å²) in [4.78, 5) is 14.7. The molecule has 2 unspecified atom stereocenters. The third-order valence-corrected chi connectivity index (χ3v) is 5.48. The highest BCUT2D eigenvalue weighted by atomic mass is 16.6. The van der Waals surface area contributed by atoms with Crippen molar-refractivity contribution in [1.82, 2.24) is 4.90 Å². The van der Waals surface area contributed by atoms with Crippen LogP contribution in [0.25, 0.3) is 0 Å². The molecule has 3 rings (SSSR count). The Kier molecular flexibility index (Phi) is 7.39. The van der Waals surface area contributed by atoms with Crippen molar-refractivity contribution in [1.29, 1.82) is 0 Å². The van der Waals surface area contributed by atoms with Gasteiger partial charge in [-0.15, -0.1) is 5.92 Å². The number of carbonyl (C=O) groups is 1. The Balaban J connectivity index is 1.55. The van der Waals surface area contributed by atoms with E-state index >= 15 is 0 Å². The summed E-state index contributed by atoms with van der Waals surface area (Å²) < 4.78 is 5.60. The van der Waals surface area contributed by atoms with Gasteiger partial charge in [-0.2, -0.15) is 0 Å². The lowest BCUT2D eigenvalue weighted by molar-refractivity contribution is 0.0481. The lowest BCUT2D eigenvalue weighted by Gasteiger charge is -2.44. The van der Waals surface area contributed by atoms with Crippen molar-refractivity contribution in [3.63, 3.8) is 0 Å². The van der Waals surface area contributed by atoms with Gasteiger partial charge in [0.2, 0.25) is 0 Å². The maximum absolute atomic E-state index is 12.7. The Morgan fingerprint density at radius 1 is 1.19 bits per heavy atom. The number of amides is 1. The van der Waals surface area contributed by atoms with E-state index in [1.807, 2.05) is 35.2 Å². The number of carbonyl (C=O) groups excluding carboxylic acids is 1. The topological polar surface area (TPSA) is 29.5 Å². The summed E-state index contributed by atoms with van der Waals surface area (Å²) >= 11 is 0. The van der Waals surface area contributed by atoms with Gasteiger partial charge >= 0.3 is 6.09 Å².